The normalized spacial score (nSPS) is 24.8. The predicted octanol–water partition coefficient (Wildman–Crippen LogP) is 2.55. The molecule has 2 heterocycles. The van der Waals surface area contributed by atoms with Gasteiger partial charge < -0.3 is 25.0 Å². The van der Waals surface area contributed by atoms with E-state index in [0.717, 1.165) is 40.9 Å². The Hall–Kier alpha value is -3.24. The lowest BCUT2D eigenvalue weighted by Gasteiger charge is -2.31. The van der Waals surface area contributed by atoms with Gasteiger partial charge in [-0.2, -0.15) is 0 Å². The van der Waals surface area contributed by atoms with Crippen molar-refractivity contribution in [1.82, 2.24) is 0 Å². The van der Waals surface area contributed by atoms with Crippen molar-refractivity contribution in [2.75, 3.05) is 18.1 Å². The van der Waals surface area contributed by atoms with E-state index in [1.165, 1.54) is 17.7 Å². The molecule has 1 aliphatic carbocycles. The van der Waals surface area contributed by atoms with Gasteiger partial charge in [0.2, 0.25) is 11.8 Å². The fourth-order valence-corrected chi connectivity index (χ4v) is 6.43. The van der Waals surface area contributed by atoms with Crippen LogP contribution in [0.2, 0.25) is 0 Å². The van der Waals surface area contributed by atoms with Gasteiger partial charge in [-0.15, -0.1) is 0 Å². The lowest BCUT2D eigenvalue weighted by molar-refractivity contribution is -0.122. The van der Waals surface area contributed by atoms with E-state index >= 15 is 0 Å². The number of fused-ring (bicyclic) bond motifs is 3. The van der Waals surface area contributed by atoms with Gasteiger partial charge >= 0.3 is 7.12 Å². The Morgan fingerprint density at radius 3 is 2.59 bits per heavy atom. The van der Waals surface area contributed by atoms with Crippen LogP contribution in [-0.4, -0.2) is 58.5 Å². The number of carbonyl (C=O) groups is 2. The summed E-state index contributed by atoms with van der Waals surface area (Å²) in [5, 5.41) is 39.6. The highest BCUT2D eigenvalue weighted by Crippen LogP contribution is 2.50. The molecule has 0 radical (unpaired) electrons. The second-order valence-corrected chi connectivity index (χ2v) is 10.6. The van der Waals surface area contributed by atoms with Gasteiger partial charge in [0, 0.05) is 11.5 Å². The number of phenols is 1. The number of aliphatic hydroxyl groups is 1. The van der Waals surface area contributed by atoms with Gasteiger partial charge in [0.1, 0.15) is 5.75 Å². The number of carbonyl (C=O) groups excluding carboxylic acids is 2. The van der Waals surface area contributed by atoms with Gasteiger partial charge in [-0.1, -0.05) is 55.3 Å². The molecule has 2 aromatic rings. The molecular weight excluding hydrogens is 497 g/mol. The van der Waals surface area contributed by atoms with E-state index in [2.05, 4.69) is 6.92 Å². The smallest absolute Gasteiger partial charge is 0.488 e. The summed E-state index contributed by atoms with van der Waals surface area (Å²) in [6, 6.07) is 13.4. The fourth-order valence-electron chi connectivity index (χ4n) is 6.43. The van der Waals surface area contributed by atoms with Gasteiger partial charge in [-0.25, -0.2) is 0 Å². The maximum Gasteiger partial charge on any atom is 0.488 e. The van der Waals surface area contributed by atoms with Gasteiger partial charge in [0.05, 0.1) is 36.8 Å². The first-order valence-electron chi connectivity index (χ1n) is 13.6. The minimum absolute atomic E-state index is 0.196. The molecule has 39 heavy (non-hydrogen) atoms. The van der Waals surface area contributed by atoms with E-state index in [1.807, 2.05) is 18.2 Å². The zero-order valence-electron chi connectivity index (χ0n) is 22.0. The van der Waals surface area contributed by atoms with Crippen molar-refractivity contribution in [3.8, 4) is 5.75 Å². The largest absolute Gasteiger partial charge is 0.507 e. The number of hydrogen-bond donors (Lipinski definition) is 4. The number of hydrogen-bond acceptors (Lipinski definition) is 7. The maximum absolute atomic E-state index is 13.7. The number of amides is 2. The molecule has 2 aliphatic heterocycles. The van der Waals surface area contributed by atoms with E-state index in [4.69, 9.17) is 4.74 Å². The van der Waals surface area contributed by atoms with E-state index in [0.29, 0.717) is 25.1 Å². The zero-order valence-corrected chi connectivity index (χ0v) is 22.0. The molecule has 0 bridgehead atoms. The average molecular weight is 531 g/mol. The first-order valence-corrected chi connectivity index (χ1v) is 13.6. The number of aliphatic hydroxyl groups excluding tert-OH is 1. The molecule has 9 heteroatoms. The third-order valence-corrected chi connectivity index (χ3v) is 8.22. The summed E-state index contributed by atoms with van der Waals surface area (Å²) in [7, 11) is -1.71. The SMILES string of the molecule is CCC/C(=C\c1ccccc1O)CC[C@H]1OC[C@H]2C1=C(CO)C[C@H]1C(=O)N(c3cccc(B(O)O)c3)C(=O)[C@H]12. The molecule has 8 nitrogen and oxygen atoms in total. The topological polar surface area (TPSA) is 128 Å². The number of para-hydroxylation sites is 1. The third-order valence-electron chi connectivity index (χ3n) is 8.22. The second kappa shape index (κ2) is 11.5. The molecule has 5 rings (SSSR count). The molecule has 2 saturated heterocycles. The minimum Gasteiger partial charge on any atom is -0.507 e. The first-order chi connectivity index (χ1) is 18.8. The Kier molecular flexibility index (Phi) is 8.04. The van der Waals surface area contributed by atoms with Crippen LogP contribution in [0.15, 0.2) is 65.3 Å². The Labute approximate surface area is 228 Å². The minimum atomic E-state index is -1.71. The van der Waals surface area contributed by atoms with E-state index in [-0.39, 0.29) is 41.7 Å². The Bertz CT molecular complexity index is 1320. The first kappa shape index (κ1) is 27.3. The number of nitrogens with zero attached hydrogens (tertiary/aromatic N) is 1. The van der Waals surface area contributed by atoms with Gasteiger partial charge in [0.15, 0.2) is 0 Å². The van der Waals surface area contributed by atoms with Crippen LogP contribution in [0.5, 0.6) is 5.75 Å². The van der Waals surface area contributed by atoms with Crippen molar-refractivity contribution < 1.29 is 34.6 Å². The molecule has 204 valence electrons. The summed E-state index contributed by atoms with van der Waals surface area (Å²) in [5.74, 6) is -1.87. The van der Waals surface area contributed by atoms with Crippen LogP contribution in [0.25, 0.3) is 6.08 Å². The van der Waals surface area contributed by atoms with Crippen molar-refractivity contribution in [3.63, 3.8) is 0 Å². The summed E-state index contributed by atoms with van der Waals surface area (Å²) in [5.41, 5.74) is 4.19. The number of aromatic hydroxyl groups is 1. The van der Waals surface area contributed by atoms with E-state index in [1.54, 1.807) is 24.3 Å². The number of rotatable bonds is 9. The van der Waals surface area contributed by atoms with Crippen LogP contribution in [0.1, 0.15) is 44.6 Å². The van der Waals surface area contributed by atoms with E-state index < -0.39 is 19.0 Å². The molecule has 2 fully saturated rings. The molecule has 4 atom stereocenters. The molecule has 2 amide bonds. The summed E-state index contributed by atoms with van der Waals surface area (Å²) < 4.78 is 6.22. The fraction of sp³-hybridized carbons (Fsp3) is 0.400. The van der Waals surface area contributed by atoms with Crippen molar-refractivity contribution >= 4 is 36.2 Å². The number of allylic oxidation sites excluding steroid dienone is 1. The van der Waals surface area contributed by atoms with Crippen LogP contribution in [0.4, 0.5) is 5.69 Å². The third kappa shape index (κ3) is 5.19. The van der Waals surface area contributed by atoms with Gasteiger partial charge in [0.25, 0.3) is 0 Å². The van der Waals surface area contributed by atoms with E-state index in [9.17, 15) is 29.9 Å². The van der Waals surface area contributed by atoms with Crippen molar-refractivity contribution in [2.24, 2.45) is 17.8 Å². The second-order valence-electron chi connectivity index (χ2n) is 10.6. The van der Waals surface area contributed by atoms with Crippen LogP contribution < -0.4 is 10.4 Å². The highest BCUT2D eigenvalue weighted by molar-refractivity contribution is 6.58. The molecule has 2 aromatic carbocycles. The molecule has 4 N–H and O–H groups in total. The average Bonchev–Trinajstić information content (AvgIpc) is 3.46. The lowest BCUT2D eigenvalue weighted by Crippen LogP contribution is -2.35. The van der Waals surface area contributed by atoms with Crippen molar-refractivity contribution in [1.29, 1.82) is 0 Å². The highest BCUT2D eigenvalue weighted by Gasteiger charge is 2.57. The molecule has 0 saturated carbocycles. The number of imide groups is 1. The zero-order chi connectivity index (χ0) is 27.7. The van der Waals surface area contributed by atoms with Crippen LogP contribution in [0.3, 0.4) is 0 Å². The quantitative estimate of drug-likeness (QED) is 0.223. The standard InChI is InChI=1S/C30H34BNO7/c1-2-6-18(13-19-7-3-4-10-25(19)34)11-12-26-27-20(16-33)14-23-28(24(27)17-39-26)30(36)32(29(23)35)22-9-5-8-21(15-22)31(37)38/h3-5,7-10,13,15,23-24,26,28,33-34,37-38H,2,6,11-12,14,16-17H2,1H3/b18-13+/t23-,24+,26-,28-/m1/s1. The van der Waals surface area contributed by atoms with Gasteiger partial charge in [-0.05, 0) is 60.5 Å². The van der Waals surface area contributed by atoms with Crippen molar-refractivity contribution in [3.05, 3.63) is 70.8 Å². The number of phenolic OH excluding ortho intramolecular Hbond substituents is 1. The number of benzene rings is 2. The highest BCUT2D eigenvalue weighted by atomic mass is 16.5. The molecule has 3 aliphatic rings. The molecule has 0 spiro atoms. The monoisotopic (exact) mass is 531 g/mol. The Balaban J connectivity index is 1.38. The summed E-state index contributed by atoms with van der Waals surface area (Å²) in [6.07, 6.45) is 5.32. The van der Waals surface area contributed by atoms with Crippen LogP contribution in [0, 0.1) is 17.8 Å². The van der Waals surface area contributed by atoms with Crippen LogP contribution >= 0.6 is 0 Å². The summed E-state index contributed by atoms with van der Waals surface area (Å²) >= 11 is 0. The Morgan fingerprint density at radius 1 is 1.08 bits per heavy atom. The summed E-state index contributed by atoms with van der Waals surface area (Å²) in [4.78, 5) is 28.3. The van der Waals surface area contributed by atoms with Crippen LogP contribution in [-0.2, 0) is 14.3 Å². The summed E-state index contributed by atoms with van der Waals surface area (Å²) in [6.45, 7) is 2.22. The molecule has 0 aromatic heterocycles. The maximum atomic E-state index is 13.7. The number of anilines is 1. The molecular formula is C30H34BNO7. The number of ether oxygens (including phenoxy) is 1. The Morgan fingerprint density at radius 2 is 1.87 bits per heavy atom. The predicted molar refractivity (Wildman–Crippen MR) is 148 cm³/mol. The molecule has 0 unspecified atom stereocenters. The van der Waals surface area contributed by atoms with Crippen molar-refractivity contribution in [2.45, 2.75) is 45.1 Å². The lowest BCUT2D eigenvalue weighted by atomic mass is 9.69. The van der Waals surface area contributed by atoms with Gasteiger partial charge in [-0.3, -0.25) is 14.5 Å².